The molecule has 1 amide bonds. The number of carbonyl (C=O) groups excluding carboxylic acids is 1. The topological polar surface area (TPSA) is 42.0 Å². The molecule has 5 heteroatoms. The first-order valence-electron chi connectivity index (χ1n) is 10.8. The molecule has 2 heterocycles. The van der Waals surface area contributed by atoms with Crippen LogP contribution in [0.5, 0.6) is 5.75 Å². The highest BCUT2D eigenvalue weighted by Gasteiger charge is 2.28. The van der Waals surface area contributed by atoms with Gasteiger partial charge in [-0.1, -0.05) is 19.8 Å². The summed E-state index contributed by atoms with van der Waals surface area (Å²) in [6, 6.07) is 2.22. The molecule has 0 bridgehead atoms. The van der Waals surface area contributed by atoms with E-state index < -0.39 is 5.60 Å². The fourth-order valence-corrected chi connectivity index (χ4v) is 4.23. The number of hydrogen-bond donors (Lipinski definition) is 0. The molecule has 0 saturated carbocycles. The van der Waals surface area contributed by atoms with Gasteiger partial charge in [-0.05, 0) is 69.7 Å². The summed E-state index contributed by atoms with van der Waals surface area (Å²) >= 11 is 0. The standard InChI is InChI=1S/C23H36N2O3/c1-6-7-8-11-24-14-15-27-20-16-18-9-12-25(22(26)28-23(3,4)5)13-10-19(18)17(2)21(20)24/h16H,6-15H2,1-5H3. The highest BCUT2D eigenvalue weighted by Crippen LogP contribution is 2.40. The van der Waals surface area contributed by atoms with Gasteiger partial charge < -0.3 is 19.3 Å². The van der Waals surface area contributed by atoms with Gasteiger partial charge in [0.2, 0.25) is 0 Å². The van der Waals surface area contributed by atoms with E-state index in [9.17, 15) is 4.79 Å². The van der Waals surface area contributed by atoms with E-state index in [2.05, 4.69) is 24.8 Å². The normalized spacial score (nSPS) is 16.8. The van der Waals surface area contributed by atoms with Crippen molar-refractivity contribution < 1.29 is 14.3 Å². The van der Waals surface area contributed by atoms with Crippen molar-refractivity contribution in [2.45, 2.75) is 72.3 Å². The molecule has 0 unspecified atom stereocenters. The average molecular weight is 389 g/mol. The Kier molecular flexibility index (Phi) is 6.41. The number of fused-ring (bicyclic) bond motifs is 2. The zero-order chi connectivity index (χ0) is 20.3. The second-order valence-corrected chi connectivity index (χ2v) is 9.00. The number of carbonyl (C=O) groups is 1. The number of ether oxygens (including phenoxy) is 2. The lowest BCUT2D eigenvalue weighted by Gasteiger charge is -2.34. The number of rotatable bonds is 4. The van der Waals surface area contributed by atoms with Crippen LogP contribution in [0.4, 0.5) is 10.5 Å². The Labute approximate surface area is 170 Å². The van der Waals surface area contributed by atoms with Crippen LogP contribution in [0.3, 0.4) is 0 Å². The summed E-state index contributed by atoms with van der Waals surface area (Å²) in [5, 5.41) is 0. The van der Waals surface area contributed by atoms with Crippen molar-refractivity contribution >= 4 is 11.8 Å². The van der Waals surface area contributed by atoms with Crippen LogP contribution in [-0.4, -0.2) is 49.4 Å². The first-order valence-corrected chi connectivity index (χ1v) is 10.8. The molecular formula is C23H36N2O3. The molecule has 156 valence electrons. The fraction of sp³-hybridized carbons (Fsp3) is 0.696. The monoisotopic (exact) mass is 388 g/mol. The number of nitrogens with zero attached hydrogens (tertiary/aromatic N) is 2. The van der Waals surface area contributed by atoms with Gasteiger partial charge in [-0.25, -0.2) is 4.79 Å². The molecule has 0 atom stereocenters. The quantitative estimate of drug-likeness (QED) is 0.700. The van der Waals surface area contributed by atoms with Crippen LogP contribution in [0.1, 0.15) is 63.6 Å². The summed E-state index contributed by atoms with van der Waals surface area (Å²) in [6.07, 6.45) is 5.24. The largest absolute Gasteiger partial charge is 0.490 e. The molecule has 0 aromatic heterocycles. The van der Waals surface area contributed by atoms with E-state index in [0.29, 0.717) is 13.1 Å². The molecule has 1 aromatic carbocycles. The summed E-state index contributed by atoms with van der Waals surface area (Å²) in [5.41, 5.74) is 4.84. The third-order valence-electron chi connectivity index (χ3n) is 5.64. The van der Waals surface area contributed by atoms with Gasteiger partial charge in [0.15, 0.2) is 0 Å². The van der Waals surface area contributed by atoms with Gasteiger partial charge in [0, 0.05) is 19.6 Å². The molecule has 0 fully saturated rings. The third kappa shape index (κ3) is 4.73. The molecule has 0 spiro atoms. The summed E-state index contributed by atoms with van der Waals surface area (Å²) in [6.45, 7) is 14.4. The van der Waals surface area contributed by atoms with E-state index in [4.69, 9.17) is 9.47 Å². The lowest BCUT2D eigenvalue weighted by molar-refractivity contribution is 0.0258. The Morgan fingerprint density at radius 1 is 1.18 bits per heavy atom. The number of anilines is 1. The highest BCUT2D eigenvalue weighted by atomic mass is 16.6. The Balaban J connectivity index is 1.80. The van der Waals surface area contributed by atoms with Crippen molar-refractivity contribution in [2.75, 3.05) is 37.7 Å². The SMILES string of the molecule is CCCCCN1CCOc2cc3c(c(C)c21)CCN(C(=O)OC(C)(C)C)CC3. The van der Waals surface area contributed by atoms with Gasteiger partial charge in [-0.3, -0.25) is 0 Å². The van der Waals surface area contributed by atoms with Crippen LogP contribution in [0.25, 0.3) is 0 Å². The van der Waals surface area contributed by atoms with Crippen LogP contribution < -0.4 is 9.64 Å². The minimum absolute atomic E-state index is 0.208. The predicted octanol–water partition coefficient (Wildman–Crippen LogP) is 4.72. The second kappa shape index (κ2) is 8.62. The predicted molar refractivity (Wildman–Crippen MR) is 114 cm³/mol. The summed E-state index contributed by atoms with van der Waals surface area (Å²) in [7, 11) is 0. The van der Waals surface area contributed by atoms with Crippen molar-refractivity contribution in [1.82, 2.24) is 4.90 Å². The molecule has 5 nitrogen and oxygen atoms in total. The number of hydrogen-bond acceptors (Lipinski definition) is 4. The molecule has 0 saturated heterocycles. The van der Waals surface area contributed by atoms with Crippen LogP contribution in [0, 0.1) is 6.92 Å². The molecule has 2 aliphatic rings. The molecule has 2 aliphatic heterocycles. The Bertz CT molecular complexity index is 709. The summed E-state index contributed by atoms with van der Waals surface area (Å²) in [4.78, 5) is 16.9. The molecule has 1 aromatic rings. The Morgan fingerprint density at radius 3 is 2.64 bits per heavy atom. The molecule has 28 heavy (non-hydrogen) atoms. The first kappa shape index (κ1) is 20.8. The van der Waals surface area contributed by atoms with Crippen molar-refractivity contribution in [3.63, 3.8) is 0 Å². The van der Waals surface area contributed by atoms with Crippen LogP contribution in [0.15, 0.2) is 6.07 Å². The number of benzene rings is 1. The maximum absolute atomic E-state index is 12.5. The van der Waals surface area contributed by atoms with Crippen LogP contribution >= 0.6 is 0 Å². The second-order valence-electron chi connectivity index (χ2n) is 9.00. The molecular weight excluding hydrogens is 352 g/mol. The van der Waals surface area contributed by atoms with Crippen molar-refractivity contribution in [3.05, 3.63) is 22.8 Å². The van der Waals surface area contributed by atoms with Crippen molar-refractivity contribution in [1.29, 1.82) is 0 Å². The van der Waals surface area contributed by atoms with Crippen LogP contribution in [0.2, 0.25) is 0 Å². The zero-order valence-electron chi connectivity index (χ0n) is 18.3. The smallest absolute Gasteiger partial charge is 0.410 e. The molecule has 0 N–H and O–H groups in total. The maximum Gasteiger partial charge on any atom is 0.410 e. The highest BCUT2D eigenvalue weighted by molar-refractivity contribution is 5.71. The molecule has 0 radical (unpaired) electrons. The van der Waals surface area contributed by atoms with E-state index in [1.165, 1.54) is 41.6 Å². The van der Waals surface area contributed by atoms with Gasteiger partial charge in [-0.2, -0.15) is 0 Å². The molecule has 3 rings (SSSR count). The average Bonchev–Trinajstić information content (AvgIpc) is 2.83. The fourth-order valence-electron chi connectivity index (χ4n) is 4.23. The Hall–Kier alpha value is -1.91. The van der Waals surface area contributed by atoms with E-state index >= 15 is 0 Å². The van der Waals surface area contributed by atoms with Crippen LogP contribution in [-0.2, 0) is 17.6 Å². The number of amides is 1. The van der Waals surface area contributed by atoms with Gasteiger partial charge in [0.05, 0.1) is 12.2 Å². The van der Waals surface area contributed by atoms with Crippen molar-refractivity contribution in [2.24, 2.45) is 0 Å². The van der Waals surface area contributed by atoms with E-state index in [-0.39, 0.29) is 6.09 Å². The lowest BCUT2D eigenvalue weighted by atomic mass is 9.94. The zero-order valence-corrected chi connectivity index (χ0v) is 18.3. The minimum atomic E-state index is -0.460. The van der Waals surface area contributed by atoms with Crippen molar-refractivity contribution in [3.8, 4) is 5.75 Å². The van der Waals surface area contributed by atoms with Gasteiger partial charge in [-0.15, -0.1) is 0 Å². The van der Waals surface area contributed by atoms with E-state index in [1.54, 1.807) is 0 Å². The van der Waals surface area contributed by atoms with Gasteiger partial charge >= 0.3 is 6.09 Å². The lowest BCUT2D eigenvalue weighted by Crippen LogP contribution is -2.38. The van der Waals surface area contributed by atoms with E-state index in [0.717, 1.165) is 38.3 Å². The summed E-state index contributed by atoms with van der Waals surface area (Å²) < 4.78 is 11.6. The maximum atomic E-state index is 12.5. The minimum Gasteiger partial charge on any atom is -0.490 e. The Morgan fingerprint density at radius 2 is 1.93 bits per heavy atom. The van der Waals surface area contributed by atoms with Gasteiger partial charge in [0.25, 0.3) is 0 Å². The number of unbranched alkanes of at least 4 members (excludes halogenated alkanes) is 2. The summed E-state index contributed by atoms with van der Waals surface area (Å²) in [5.74, 6) is 1.02. The third-order valence-corrected chi connectivity index (χ3v) is 5.64. The van der Waals surface area contributed by atoms with Gasteiger partial charge in [0.1, 0.15) is 18.0 Å². The first-order chi connectivity index (χ1) is 13.3. The molecule has 0 aliphatic carbocycles. The van der Waals surface area contributed by atoms with E-state index in [1.807, 2.05) is 25.7 Å².